The molecule has 182 valence electrons. The summed E-state index contributed by atoms with van der Waals surface area (Å²) in [4.78, 5) is 6.88. The van der Waals surface area contributed by atoms with E-state index in [9.17, 15) is 0 Å². The Hall–Kier alpha value is -3.77. The third-order valence-electron chi connectivity index (χ3n) is 6.78. The van der Waals surface area contributed by atoms with E-state index in [0.717, 1.165) is 40.9 Å². The fourth-order valence-corrected chi connectivity index (χ4v) is 4.92. The topological polar surface area (TPSA) is 54.2 Å². The number of rotatable bonds is 6. The molecule has 1 aliphatic heterocycles. The van der Waals surface area contributed by atoms with E-state index >= 15 is 0 Å². The number of aryl methyl sites for hydroxylation is 3. The molecule has 0 saturated heterocycles. The van der Waals surface area contributed by atoms with Crippen LogP contribution in [-0.2, 0) is 12.8 Å². The van der Waals surface area contributed by atoms with Gasteiger partial charge >= 0.3 is 0 Å². The van der Waals surface area contributed by atoms with Gasteiger partial charge in [-0.15, -0.1) is 0 Å². The molecule has 1 N–H and O–H groups in total. The van der Waals surface area contributed by atoms with Gasteiger partial charge in [-0.2, -0.15) is 4.98 Å². The van der Waals surface area contributed by atoms with Crippen molar-refractivity contribution in [2.24, 2.45) is 0 Å². The molecular weight excluding hydrogens is 464 g/mol. The summed E-state index contributed by atoms with van der Waals surface area (Å²) in [5, 5.41) is 8.52. The maximum Gasteiger partial charge on any atom is 0.258 e. The molecule has 2 heterocycles. The molecule has 0 radical (unpaired) electrons. The molecule has 4 aromatic rings. The van der Waals surface area contributed by atoms with Crippen molar-refractivity contribution in [3.63, 3.8) is 0 Å². The van der Waals surface area contributed by atoms with Gasteiger partial charge in [0.25, 0.3) is 5.89 Å². The Morgan fingerprint density at radius 1 is 0.861 bits per heavy atom. The van der Waals surface area contributed by atoms with Gasteiger partial charge < -0.3 is 9.84 Å². The minimum Gasteiger partial charge on any atom is -0.351 e. The molecule has 1 aromatic heterocycles. The first-order valence-electron chi connectivity index (χ1n) is 12.4. The number of thiocarbonyl (C=S) groups is 1. The third-order valence-corrected chi connectivity index (χ3v) is 7.08. The van der Waals surface area contributed by atoms with Gasteiger partial charge in [0.1, 0.15) is 0 Å². The largest absolute Gasteiger partial charge is 0.351 e. The zero-order valence-electron chi connectivity index (χ0n) is 21.1. The van der Waals surface area contributed by atoms with E-state index in [1.54, 1.807) is 0 Å². The first-order chi connectivity index (χ1) is 17.5. The number of hydrogen-bond donors (Lipinski definition) is 1. The first-order valence-corrected chi connectivity index (χ1v) is 12.8. The molecule has 0 saturated carbocycles. The SMILES string of the molecule is CCc1ccc(-c2noc(C3=C(C)N(c4ccc(C)cc4)C(=S)NC3c3ccc(CC)cc3)n2)cc1. The molecule has 0 amide bonds. The van der Waals surface area contributed by atoms with Gasteiger partial charge in [-0.3, -0.25) is 4.90 Å². The number of hydrogen-bond acceptors (Lipinski definition) is 4. The lowest BCUT2D eigenvalue weighted by molar-refractivity contribution is 0.404. The van der Waals surface area contributed by atoms with Crippen molar-refractivity contribution in [2.75, 3.05) is 4.90 Å². The van der Waals surface area contributed by atoms with Gasteiger partial charge in [0.05, 0.1) is 11.6 Å². The van der Waals surface area contributed by atoms with Crippen LogP contribution in [0.4, 0.5) is 5.69 Å². The molecule has 1 aliphatic rings. The monoisotopic (exact) mass is 494 g/mol. The molecule has 3 aromatic carbocycles. The second kappa shape index (κ2) is 10.1. The fraction of sp³-hybridized carbons (Fsp3) is 0.233. The summed E-state index contributed by atoms with van der Waals surface area (Å²) in [5.41, 5.74) is 8.65. The fourth-order valence-electron chi connectivity index (χ4n) is 4.56. The zero-order valence-corrected chi connectivity index (χ0v) is 21.9. The van der Waals surface area contributed by atoms with Crippen LogP contribution in [0.15, 0.2) is 83.0 Å². The Kier molecular flexibility index (Phi) is 6.70. The van der Waals surface area contributed by atoms with Crippen LogP contribution in [0.2, 0.25) is 0 Å². The second-order valence-electron chi connectivity index (χ2n) is 9.12. The number of nitrogens with one attached hydrogen (secondary N) is 1. The smallest absolute Gasteiger partial charge is 0.258 e. The number of allylic oxidation sites excluding steroid dienone is 1. The Morgan fingerprint density at radius 3 is 2.08 bits per heavy atom. The summed E-state index contributed by atoms with van der Waals surface area (Å²) in [5.74, 6) is 1.06. The maximum atomic E-state index is 5.89. The molecule has 36 heavy (non-hydrogen) atoms. The van der Waals surface area contributed by atoms with Crippen molar-refractivity contribution >= 4 is 28.6 Å². The predicted octanol–water partition coefficient (Wildman–Crippen LogP) is 7.04. The Balaban J connectivity index is 1.62. The molecule has 1 unspecified atom stereocenters. The van der Waals surface area contributed by atoms with Crippen molar-refractivity contribution in [3.05, 3.63) is 107 Å². The third kappa shape index (κ3) is 4.56. The van der Waals surface area contributed by atoms with E-state index < -0.39 is 0 Å². The Labute approximate surface area is 217 Å². The van der Waals surface area contributed by atoms with Crippen molar-refractivity contribution in [1.29, 1.82) is 0 Å². The van der Waals surface area contributed by atoms with E-state index in [0.29, 0.717) is 16.8 Å². The van der Waals surface area contributed by atoms with Crippen LogP contribution >= 0.6 is 12.2 Å². The van der Waals surface area contributed by atoms with Gasteiger partial charge in [0, 0.05) is 16.9 Å². The number of benzene rings is 3. The molecule has 1 atom stereocenters. The van der Waals surface area contributed by atoms with E-state index in [1.165, 1.54) is 16.7 Å². The highest BCUT2D eigenvalue weighted by molar-refractivity contribution is 7.80. The minimum atomic E-state index is -0.208. The van der Waals surface area contributed by atoms with Crippen LogP contribution < -0.4 is 10.2 Å². The van der Waals surface area contributed by atoms with E-state index in [4.69, 9.17) is 21.7 Å². The van der Waals surface area contributed by atoms with E-state index in [1.807, 2.05) is 17.0 Å². The number of anilines is 1. The van der Waals surface area contributed by atoms with Crippen LogP contribution in [0.5, 0.6) is 0 Å². The molecule has 0 aliphatic carbocycles. The Morgan fingerprint density at radius 2 is 1.47 bits per heavy atom. The predicted molar refractivity (Wildman–Crippen MR) is 150 cm³/mol. The lowest BCUT2D eigenvalue weighted by Gasteiger charge is -2.37. The summed E-state index contributed by atoms with van der Waals surface area (Å²) < 4.78 is 5.89. The Bertz CT molecular complexity index is 1400. The van der Waals surface area contributed by atoms with Crippen molar-refractivity contribution < 1.29 is 4.52 Å². The van der Waals surface area contributed by atoms with Crippen LogP contribution in [0.1, 0.15) is 55.0 Å². The summed E-state index contributed by atoms with van der Waals surface area (Å²) in [6, 6.07) is 25.0. The highest BCUT2D eigenvalue weighted by atomic mass is 32.1. The highest BCUT2D eigenvalue weighted by Crippen LogP contribution is 2.39. The van der Waals surface area contributed by atoms with Crippen molar-refractivity contribution in [3.8, 4) is 11.4 Å². The summed E-state index contributed by atoms with van der Waals surface area (Å²) in [7, 11) is 0. The second-order valence-corrected chi connectivity index (χ2v) is 9.51. The summed E-state index contributed by atoms with van der Waals surface area (Å²) in [6.45, 7) is 8.44. The van der Waals surface area contributed by atoms with Gasteiger partial charge in [-0.05, 0) is 67.7 Å². The average Bonchev–Trinajstić information content (AvgIpc) is 3.39. The molecule has 0 spiro atoms. The summed E-state index contributed by atoms with van der Waals surface area (Å²) in [6.07, 6.45) is 1.98. The maximum absolute atomic E-state index is 5.89. The normalized spacial score (nSPS) is 15.8. The van der Waals surface area contributed by atoms with E-state index in [2.05, 4.69) is 98.8 Å². The van der Waals surface area contributed by atoms with Crippen LogP contribution in [0.3, 0.4) is 0 Å². The van der Waals surface area contributed by atoms with Crippen LogP contribution in [0, 0.1) is 6.92 Å². The molecule has 0 fully saturated rings. The molecular formula is C30H30N4OS. The van der Waals surface area contributed by atoms with Crippen molar-refractivity contribution in [1.82, 2.24) is 15.5 Å². The summed E-state index contributed by atoms with van der Waals surface area (Å²) >= 11 is 5.87. The van der Waals surface area contributed by atoms with Crippen molar-refractivity contribution in [2.45, 2.75) is 46.6 Å². The van der Waals surface area contributed by atoms with Gasteiger partial charge in [-0.25, -0.2) is 0 Å². The van der Waals surface area contributed by atoms with Gasteiger partial charge in [-0.1, -0.05) is 85.2 Å². The van der Waals surface area contributed by atoms with Gasteiger partial charge in [0.2, 0.25) is 5.82 Å². The first kappa shape index (κ1) is 23.9. The van der Waals surface area contributed by atoms with Crippen LogP contribution in [0.25, 0.3) is 17.0 Å². The lowest BCUT2D eigenvalue weighted by Crippen LogP contribution is -2.46. The molecule has 5 nitrogen and oxygen atoms in total. The zero-order chi connectivity index (χ0) is 25.2. The standard InChI is InChI=1S/C30H30N4OS/c1-5-21-9-13-23(14-10-21)27-26(20(4)34(30(36)31-27)25-17-7-19(3)8-18-25)29-32-28(33-35-29)24-15-11-22(6-2)12-16-24/h7-18,27H,5-6H2,1-4H3,(H,31,36). The lowest BCUT2D eigenvalue weighted by atomic mass is 9.93. The quantitative estimate of drug-likeness (QED) is 0.290. The molecule has 0 bridgehead atoms. The number of nitrogens with zero attached hydrogens (tertiary/aromatic N) is 3. The molecule has 5 rings (SSSR count). The molecule has 6 heteroatoms. The minimum absolute atomic E-state index is 0.208. The van der Waals surface area contributed by atoms with Gasteiger partial charge in [0.15, 0.2) is 5.11 Å². The average molecular weight is 495 g/mol. The highest BCUT2D eigenvalue weighted by Gasteiger charge is 2.34. The number of aromatic nitrogens is 2. The van der Waals surface area contributed by atoms with Crippen LogP contribution in [-0.4, -0.2) is 15.3 Å². The van der Waals surface area contributed by atoms with E-state index in [-0.39, 0.29) is 6.04 Å².